The summed E-state index contributed by atoms with van der Waals surface area (Å²) in [7, 11) is 1.33. The van der Waals surface area contributed by atoms with Gasteiger partial charge >= 0.3 is 5.97 Å². The highest BCUT2D eigenvalue weighted by atomic mass is 79.9. The van der Waals surface area contributed by atoms with Crippen LogP contribution < -0.4 is 4.74 Å². The van der Waals surface area contributed by atoms with Crippen LogP contribution in [0, 0.1) is 11.7 Å². The zero-order valence-electron chi connectivity index (χ0n) is 16.4. The second-order valence-electron chi connectivity index (χ2n) is 6.95. The monoisotopic (exact) mass is 477 g/mol. The van der Waals surface area contributed by atoms with Crippen molar-refractivity contribution in [1.29, 1.82) is 0 Å². The molecule has 3 rings (SSSR count). The van der Waals surface area contributed by atoms with Crippen molar-refractivity contribution in [3.05, 3.63) is 63.9 Å². The molecule has 0 saturated carbocycles. The molecule has 1 amide bonds. The maximum atomic E-state index is 13.7. The van der Waals surface area contributed by atoms with E-state index in [-0.39, 0.29) is 23.1 Å². The normalized spacial score (nSPS) is 14.3. The predicted octanol–water partition coefficient (Wildman–Crippen LogP) is 3.88. The summed E-state index contributed by atoms with van der Waals surface area (Å²) in [6.07, 6.45) is 0.929. The number of nitrogens with zero attached hydrogens (tertiary/aromatic N) is 1. The summed E-state index contributed by atoms with van der Waals surface area (Å²) in [4.78, 5) is 38.7. The first kappa shape index (κ1) is 22.0. The number of ketones is 1. The lowest BCUT2D eigenvalue weighted by atomic mass is 9.96. The Labute approximate surface area is 182 Å². The van der Waals surface area contributed by atoms with E-state index in [2.05, 4.69) is 15.9 Å². The first-order valence-electron chi connectivity index (χ1n) is 9.47. The maximum Gasteiger partial charge on any atom is 0.309 e. The molecule has 0 spiro atoms. The molecule has 158 valence electrons. The van der Waals surface area contributed by atoms with E-state index in [4.69, 9.17) is 9.47 Å². The fourth-order valence-corrected chi connectivity index (χ4v) is 3.54. The molecule has 6 nitrogen and oxygen atoms in total. The van der Waals surface area contributed by atoms with Gasteiger partial charge in [0.25, 0.3) is 5.91 Å². The highest BCUT2D eigenvalue weighted by Crippen LogP contribution is 2.22. The van der Waals surface area contributed by atoms with Gasteiger partial charge in [-0.2, -0.15) is 0 Å². The van der Waals surface area contributed by atoms with Crippen LogP contribution in [0.15, 0.2) is 46.9 Å². The van der Waals surface area contributed by atoms with Gasteiger partial charge < -0.3 is 14.4 Å². The number of amides is 1. The lowest BCUT2D eigenvalue weighted by Crippen LogP contribution is -2.40. The second kappa shape index (κ2) is 9.84. The molecule has 1 fully saturated rings. The van der Waals surface area contributed by atoms with Crippen LogP contribution in [0.4, 0.5) is 4.39 Å². The van der Waals surface area contributed by atoms with E-state index in [1.54, 1.807) is 17.0 Å². The summed E-state index contributed by atoms with van der Waals surface area (Å²) in [5, 5.41) is 0. The van der Waals surface area contributed by atoms with E-state index in [1.807, 2.05) is 12.1 Å². The van der Waals surface area contributed by atoms with Crippen molar-refractivity contribution in [1.82, 2.24) is 4.90 Å². The van der Waals surface area contributed by atoms with Gasteiger partial charge in [-0.1, -0.05) is 15.9 Å². The summed E-state index contributed by atoms with van der Waals surface area (Å²) in [6.45, 7) is 0.418. The number of piperidine rings is 1. The number of rotatable bonds is 6. The Morgan fingerprint density at radius 1 is 1.07 bits per heavy atom. The lowest BCUT2D eigenvalue weighted by molar-refractivity contribution is -0.148. The van der Waals surface area contributed by atoms with Crippen molar-refractivity contribution in [2.24, 2.45) is 5.92 Å². The number of benzene rings is 2. The van der Waals surface area contributed by atoms with Crippen LogP contribution in [-0.2, 0) is 9.53 Å². The molecule has 8 heteroatoms. The molecule has 0 atom stereocenters. The molecule has 1 heterocycles. The zero-order chi connectivity index (χ0) is 21.7. The molecule has 0 bridgehead atoms. The van der Waals surface area contributed by atoms with Crippen LogP contribution in [-0.4, -0.2) is 49.4 Å². The van der Waals surface area contributed by atoms with E-state index in [0.717, 1.165) is 10.5 Å². The van der Waals surface area contributed by atoms with Crippen molar-refractivity contribution in [2.75, 3.05) is 26.8 Å². The Morgan fingerprint density at radius 3 is 2.30 bits per heavy atom. The van der Waals surface area contributed by atoms with Gasteiger partial charge in [0.1, 0.15) is 0 Å². The van der Waals surface area contributed by atoms with Crippen LogP contribution >= 0.6 is 15.9 Å². The maximum absolute atomic E-state index is 13.7. The summed E-state index contributed by atoms with van der Waals surface area (Å²) in [5.74, 6) is -2.04. The Kier molecular flexibility index (Phi) is 7.20. The van der Waals surface area contributed by atoms with E-state index in [9.17, 15) is 18.8 Å². The fourth-order valence-electron chi connectivity index (χ4n) is 3.27. The molecular weight excluding hydrogens is 457 g/mol. The van der Waals surface area contributed by atoms with Crippen molar-refractivity contribution in [2.45, 2.75) is 12.8 Å². The van der Waals surface area contributed by atoms with Crippen LogP contribution in [0.2, 0.25) is 0 Å². The van der Waals surface area contributed by atoms with E-state index in [0.29, 0.717) is 31.5 Å². The average Bonchev–Trinajstić information content (AvgIpc) is 2.77. The number of hydrogen-bond donors (Lipinski definition) is 0. The van der Waals surface area contributed by atoms with Crippen molar-refractivity contribution >= 4 is 33.6 Å². The van der Waals surface area contributed by atoms with E-state index in [1.165, 1.54) is 19.2 Å². The van der Waals surface area contributed by atoms with E-state index >= 15 is 0 Å². The molecule has 30 heavy (non-hydrogen) atoms. The number of likely N-dealkylation sites (tertiary alicyclic amines) is 1. The third-order valence-corrected chi connectivity index (χ3v) is 5.55. The molecule has 0 aromatic heterocycles. The van der Waals surface area contributed by atoms with Crippen LogP contribution in [0.25, 0.3) is 0 Å². The predicted molar refractivity (Wildman–Crippen MR) is 111 cm³/mol. The summed E-state index contributed by atoms with van der Waals surface area (Å²) >= 11 is 3.34. The number of ether oxygens (including phenoxy) is 2. The van der Waals surface area contributed by atoms with Gasteiger partial charge in [0, 0.05) is 28.7 Å². The quantitative estimate of drug-likeness (QED) is 0.466. The van der Waals surface area contributed by atoms with Crippen molar-refractivity contribution < 1.29 is 28.2 Å². The number of esters is 1. The summed E-state index contributed by atoms with van der Waals surface area (Å²) in [6, 6.07) is 10.9. The Morgan fingerprint density at radius 2 is 1.70 bits per heavy atom. The Hall–Kier alpha value is -2.74. The highest BCUT2D eigenvalue weighted by Gasteiger charge is 2.29. The molecule has 1 aliphatic heterocycles. The van der Waals surface area contributed by atoms with Crippen LogP contribution in [0.5, 0.6) is 5.75 Å². The van der Waals surface area contributed by atoms with Gasteiger partial charge in [0.15, 0.2) is 24.0 Å². The van der Waals surface area contributed by atoms with Crippen molar-refractivity contribution in [3.8, 4) is 5.75 Å². The van der Waals surface area contributed by atoms with Gasteiger partial charge in [0.2, 0.25) is 0 Å². The fraction of sp³-hybridized carbons (Fsp3) is 0.318. The van der Waals surface area contributed by atoms with Gasteiger partial charge in [-0.3, -0.25) is 14.4 Å². The molecule has 0 aliphatic carbocycles. The third kappa shape index (κ3) is 5.24. The first-order chi connectivity index (χ1) is 14.4. The van der Waals surface area contributed by atoms with Gasteiger partial charge in [-0.15, -0.1) is 0 Å². The second-order valence-corrected chi connectivity index (χ2v) is 7.87. The summed E-state index contributed by atoms with van der Waals surface area (Å²) in [5.41, 5.74) is 0.701. The minimum absolute atomic E-state index is 0.0352. The number of carbonyl (C=O) groups is 3. The largest absolute Gasteiger partial charge is 0.494 e. The molecule has 2 aromatic rings. The molecule has 2 aromatic carbocycles. The van der Waals surface area contributed by atoms with Crippen molar-refractivity contribution in [3.63, 3.8) is 0 Å². The molecule has 0 N–H and O–H groups in total. The smallest absolute Gasteiger partial charge is 0.309 e. The SMILES string of the molecule is COc1ccc(C(=O)COC(=O)C2CCN(C(=O)c3ccc(Br)cc3)CC2)cc1F. The van der Waals surface area contributed by atoms with E-state index < -0.39 is 24.2 Å². The number of carbonyl (C=O) groups excluding carboxylic acids is 3. The number of hydrogen-bond acceptors (Lipinski definition) is 5. The molecular formula is C22H21BrFNO5. The average molecular weight is 478 g/mol. The van der Waals surface area contributed by atoms with Gasteiger partial charge in [0.05, 0.1) is 13.0 Å². The number of methoxy groups -OCH3 is 1. The number of Topliss-reactive ketones (excluding diaryl/α,β-unsaturated/α-hetero) is 1. The standard InChI is InChI=1S/C22H21BrFNO5/c1-29-20-7-4-16(12-18(20)24)19(26)13-30-22(28)15-8-10-25(11-9-15)21(27)14-2-5-17(23)6-3-14/h2-7,12,15H,8-11,13H2,1H3. The van der Waals surface area contributed by atoms with Crippen LogP contribution in [0.3, 0.4) is 0 Å². The molecule has 1 aliphatic rings. The molecule has 0 unspecified atom stereocenters. The molecule has 1 saturated heterocycles. The Balaban J connectivity index is 1.48. The van der Waals surface area contributed by atoms with Gasteiger partial charge in [-0.25, -0.2) is 4.39 Å². The highest BCUT2D eigenvalue weighted by molar-refractivity contribution is 9.10. The first-order valence-corrected chi connectivity index (χ1v) is 10.3. The van der Waals surface area contributed by atoms with Crippen LogP contribution in [0.1, 0.15) is 33.6 Å². The minimum atomic E-state index is -0.655. The Bertz CT molecular complexity index is 939. The lowest BCUT2D eigenvalue weighted by Gasteiger charge is -2.31. The third-order valence-electron chi connectivity index (χ3n) is 5.03. The van der Waals surface area contributed by atoms with Gasteiger partial charge in [-0.05, 0) is 55.3 Å². The number of halogens is 2. The topological polar surface area (TPSA) is 72.9 Å². The summed E-state index contributed by atoms with van der Waals surface area (Å²) < 4.78 is 24.6. The molecule has 0 radical (unpaired) electrons. The zero-order valence-corrected chi connectivity index (χ0v) is 18.0. The minimum Gasteiger partial charge on any atom is -0.494 e.